The third-order valence-electron chi connectivity index (χ3n) is 13.6. The van der Waals surface area contributed by atoms with Gasteiger partial charge in [-0.2, -0.15) is 0 Å². The minimum atomic E-state index is -2.69. The fourth-order valence-electron chi connectivity index (χ4n) is 10.9. The minimum Gasteiger partial charge on any atom is -0.309 e. The van der Waals surface area contributed by atoms with E-state index in [1.807, 2.05) is 0 Å². The lowest BCUT2D eigenvalue weighted by atomic mass is 10.1. The molecule has 0 fully saturated rings. The Morgan fingerprint density at radius 2 is 0.609 bits per heavy atom. The molecule has 0 saturated heterocycles. The van der Waals surface area contributed by atoms with Crippen LogP contribution in [0.5, 0.6) is 0 Å². The summed E-state index contributed by atoms with van der Waals surface area (Å²) in [7, 11) is -2.69. The molecule has 3 nitrogen and oxygen atoms in total. The minimum absolute atomic E-state index is 1.12. The Kier molecular flexibility index (Phi) is 8.23. The molecule has 3 aromatic heterocycles. The summed E-state index contributed by atoms with van der Waals surface area (Å²) in [5.41, 5.74) is 10.5. The molecule has 10 aromatic carbocycles. The molecule has 0 unspecified atom stereocenters. The van der Waals surface area contributed by atoms with Crippen LogP contribution >= 0.6 is 0 Å². The predicted octanol–water partition coefficient (Wildman–Crippen LogP) is 12.4. The highest BCUT2D eigenvalue weighted by Crippen LogP contribution is 2.41. The molecular formula is C60H41N3Si. The summed E-state index contributed by atoms with van der Waals surface area (Å²) in [5.74, 6) is 0. The number of nitrogens with zero attached hydrogens (tertiary/aromatic N) is 3. The van der Waals surface area contributed by atoms with E-state index in [1.54, 1.807) is 0 Å². The van der Waals surface area contributed by atoms with E-state index in [4.69, 9.17) is 0 Å². The maximum absolute atomic E-state index is 2.69. The molecule has 13 rings (SSSR count). The van der Waals surface area contributed by atoms with Crippen molar-refractivity contribution >= 4 is 94.2 Å². The van der Waals surface area contributed by atoms with Crippen LogP contribution in [0.25, 0.3) is 82.5 Å². The Morgan fingerprint density at radius 1 is 0.234 bits per heavy atom. The number of rotatable bonds is 7. The summed E-state index contributed by atoms with van der Waals surface area (Å²) in [5, 5.41) is 12.9. The van der Waals surface area contributed by atoms with Gasteiger partial charge in [0.1, 0.15) is 0 Å². The number of hydrogen-bond acceptors (Lipinski definition) is 0. The topological polar surface area (TPSA) is 14.8 Å². The zero-order valence-corrected chi connectivity index (χ0v) is 36.0. The van der Waals surface area contributed by atoms with Gasteiger partial charge in [0.25, 0.3) is 0 Å². The van der Waals surface area contributed by atoms with Crippen molar-refractivity contribution in [1.82, 2.24) is 13.7 Å². The van der Waals surface area contributed by atoms with Crippen LogP contribution in [0.4, 0.5) is 0 Å². The van der Waals surface area contributed by atoms with Crippen molar-refractivity contribution in [3.05, 3.63) is 249 Å². The normalized spacial score (nSPS) is 12.1. The number of para-hydroxylation sites is 5. The zero-order chi connectivity index (χ0) is 42.2. The second-order valence-corrected chi connectivity index (χ2v) is 20.7. The van der Waals surface area contributed by atoms with Crippen molar-refractivity contribution < 1.29 is 0 Å². The molecule has 0 amide bonds. The second kappa shape index (κ2) is 14.5. The molecule has 0 aliphatic heterocycles. The van der Waals surface area contributed by atoms with E-state index in [0.29, 0.717) is 0 Å². The van der Waals surface area contributed by atoms with Crippen LogP contribution in [0.2, 0.25) is 0 Å². The summed E-state index contributed by atoms with van der Waals surface area (Å²) in [4.78, 5) is 0. The van der Waals surface area contributed by atoms with Crippen LogP contribution in [-0.2, 0) is 0 Å². The maximum Gasteiger partial charge on any atom is 0.179 e. The van der Waals surface area contributed by atoms with Gasteiger partial charge in [0.15, 0.2) is 8.07 Å². The smallest absolute Gasteiger partial charge is 0.179 e. The van der Waals surface area contributed by atoms with Crippen molar-refractivity contribution in [1.29, 1.82) is 0 Å². The van der Waals surface area contributed by atoms with Gasteiger partial charge in [0, 0.05) is 43.7 Å². The second-order valence-electron chi connectivity index (χ2n) is 16.8. The van der Waals surface area contributed by atoms with E-state index in [1.165, 1.54) is 86.2 Å². The van der Waals surface area contributed by atoms with E-state index in [0.717, 1.165) is 17.1 Å². The molecule has 0 bridgehead atoms. The van der Waals surface area contributed by atoms with Gasteiger partial charge in [0.2, 0.25) is 0 Å². The Labute approximate surface area is 372 Å². The summed E-state index contributed by atoms with van der Waals surface area (Å²) in [6.07, 6.45) is 0. The van der Waals surface area contributed by atoms with E-state index >= 15 is 0 Å². The summed E-state index contributed by atoms with van der Waals surface area (Å²) in [6.45, 7) is 0. The summed E-state index contributed by atoms with van der Waals surface area (Å²) in [6, 6.07) is 92.2. The quantitative estimate of drug-likeness (QED) is 0.112. The third kappa shape index (κ3) is 5.27. The molecule has 0 aliphatic carbocycles. The lowest BCUT2D eigenvalue weighted by Crippen LogP contribution is -2.74. The van der Waals surface area contributed by atoms with E-state index < -0.39 is 8.07 Å². The van der Waals surface area contributed by atoms with Crippen molar-refractivity contribution in [3.63, 3.8) is 0 Å². The van der Waals surface area contributed by atoms with Gasteiger partial charge < -0.3 is 13.7 Å². The van der Waals surface area contributed by atoms with Crippen molar-refractivity contribution in [2.45, 2.75) is 0 Å². The Bertz CT molecular complexity index is 3730. The summed E-state index contributed by atoms with van der Waals surface area (Å²) >= 11 is 0. The standard InChI is InChI=1S/C60H41N3Si/c1-4-19-44(20-5-1)64(45-21-6-2-7-22-45,46-23-8-3-9-24-46)47-38-35-42(36-39-47)61-54-30-14-10-27-50(54)52-40-37-43(41-59(52)61)62-55-31-15-13-28-51(55)53-29-18-34-58(60(53)62)63-56-32-16-11-25-48(56)49-26-12-17-33-57(49)63/h1-41H. The number of hydrogen-bond donors (Lipinski definition) is 0. The molecular weight excluding hydrogens is 791 g/mol. The fourth-order valence-corrected chi connectivity index (χ4v) is 15.7. The van der Waals surface area contributed by atoms with Crippen LogP contribution in [0, 0.1) is 0 Å². The van der Waals surface area contributed by atoms with Gasteiger partial charge in [0.05, 0.1) is 38.8 Å². The van der Waals surface area contributed by atoms with Gasteiger partial charge in [-0.25, -0.2) is 0 Å². The maximum atomic E-state index is 2.49. The van der Waals surface area contributed by atoms with E-state index in [9.17, 15) is 0 Å². The third-order valence-corrected chi connectivity index (χ3v) is 18.4. The van der Waals surface area contributed by atoms with Crippen LogP contribution in [0.1, 0.15) is 0 Å². The Morgan fingerprint density at radius 3 is 1.12 bits per heavy atom. The molecule has 4 heteroatoms. The largest absolute Gasteiger partial charge is 0.309 e. The average Bonchev–Trinajstić information content (AvgIpc) is 4.01. The Balaban J connectivity index is 1.05. The van der Waals surface area contributed by atoms with Crippen LogP contribution in [0.3, 0.4) is 0 Å². The molecule has 0 radical (unpaired) electrons. The zero-order valence-electron chi connectivity index (χ0n) is 35.0. The first-order valence-corrected chi connectivity index (χ1v) is 24.1. The predicted molar refractivity (Wildman–Crippen MR) is 273 cm³/mol. The van der Waals surface area contributed by atoms with Gasteiger partial charge >= 0.3 is 0 Å². The van der Waals surface area contributed by atoms with Crippen LogP contribution in [0.15, 0.2) is 249 Å². The lowest BCUT2D eigenvalue weighted by Gasteiger charge is -2.34. The van der Waals surface area contributed by atoms with Crippen LogP contribution < -0.4 is 20.7 Å². The highest BCUT2D eigenvalue weighted by atomic mass is 28.3. The fraction of sp³-hybridized carbons (Fsp3) is 0. The molecule has 13 aromatic rings. The van der Waals surface area contributed by atoms with E-state index in [-0.39, 0.29) is 0 Å². The lowest BCUT2D eigenvalue weighted by molar-refractivity contribution is 1.13. The van der Waals surface area contributed by atoms with Gasteiger partial charge in [-0.15, -0.1) is 0 Å². The van der Waals surface area contributed by atoms with Crippen LogP contribution in [-0.4, -0.2) is 21.8 Å². The molecule has 0 N–H and O–H groups in total. The number of fused-ring (bicyclic) bond motifs is 9. The van der Waals surface area contributed by atoms with Gasteiger partial charge in [-0.1, -0.05) is 194 Å². The average molecular weight is 832 g/mol. The highest BCUT2D eigenvalue weighted by molar-refractivity contribution is 7.19. The van der Waals surface area contributed by atoms with Gasteiger partial charge in [-0.3, -0.25) is 0 Å². The first kappa shape index (κ1) is 36.5. The SMILES string of the molecule is c1ccc([Si](c2ccccc2)(c2ccccc2)c2ccc(-n3c4ccccc4c4ccc(-n5c6ccccc6c6cccc(-n7c8ccccc8c8ccccc87)c65)cc43)cc2)cc1. The molecule has 0 saturated carbocycles. The van der Waals surface area contributed by atoms with Crippen molar-refractivity contribution in [2.75, 3.05) is 0 Å². The first-order chi connectivity index (χ1) is 31.8. The van der Waals surface area contributed by atoms with Crippen molar-refractivity contribution in [3.8, 4) is 17.1 Å². The number of aromatic nitrogens is 3. The van der Waals surface area contributed by atoms with Crippen molar-refractivity contribution in [2.24, 2.45) is 0 Å². The summed E-state index contributed by atoms with van der Waals surface area (Å²) < 4.78 is 7.42. The number of benzene rings is 10. The molecule has 0 aliphatic rings. The first-order valence-electron chi connectivity index (χ1n) is 22.1. The van der Waals surface area contributed by atoms with E-state index in [2.05, 4.69) is 262 Å². The van der Waals surface area contributed by atoms with Gasteiger partial charge in [-0.05, 0) is 75.3 Å². The molecule has 0 spiro atoms. The molecule has 64 heavy (non-hydrogen) atoms. The molecule has 0 atom stereocenters. The molecule has 300 valence electrons. The Hall–Kier alpha value is -8.18. The molecule has 3 heterocycles. The highest BCUT2D eigenvalue weighted by Gasteiger charge is 2.41. The monoisotopic (exact) mass is 831 g/mol.